The van der Waals surface area contributed by atoms with Gasteiger partial charge in [-0.25, -0.2) is 9.82 Å². The first-order valence-corrected chi connectivity index (χ1v) is 8.55. The zero-order valence-corrected chi connectivity index (χ0v) is 15.0. The van der Waals surface area contributed by atoms with Crippen molar-refractivity contribution in [2.45, 2.75) is 6.61 Å². The van der Waals surface area contributed by atoms with Crippen molar-refractivity contribution >= 4 is 23.7 Å². The minimum atomic E-state index is -0.338. The van der Waals surface area contributed by atoms with Crippen LogP contribution in [0.4, 0.5) is 4.39 Å². The number of carbonyl (C=O) groups is 1. The second-order valence-electron chi connectivity index (χ2n) is 5.66. The topological polar surface area (TPSA) is 50.7 Å². The van der Waals surface area contributed by atoms with Gasteiger partial charge in [0.1, 0.15) is 18.2 Å². The van der Waals surface area contributed by atoms with Gasteiger partial charge in [0.25, 0.3) is 5.91 Å². The maximum absolute atomic E-state index is 13.6. The molecule has 0 spiro atoms. The number of carbonyl (C=O) groups excluding carboxylic acids is 1. The SMILES string of the molecule is O=C(N/N=C/c1cccc(OCc2ccccc2F)c1)c1ccc(Cl)cc1. The van der Waals surface area contributed by atoms with Crippen LogP contribution in [0.3, 0.4) is 0 Å². The molecular weight excluding hydrogens is 367 g/mol. The van der Waals surface area contributed by atoms with Gasteiger partial charge in [-0.15, -0.1) is 0 Å². The van der Waals surface area contributed by atoms with E-state index in [1.165, 1.54) is 12.3 Å². The van der Waals surface area contributed by atoms with E-state index in [2.05, 4.69) is 10.5 Å². The largest absolute Gasteiger partial charge is 0.489 e. The Morgan fingerprint density at radius 1 is 1.07 bits per heavy atom. The minimum Gasteiger partial charge on any atom is -0.489 e. The molecule has 0 aliphatic rings. The van der Waals surface area contributed by atoms with E-state index in [0.717, 1.165) is 5.56 Å². The summed E-state index contributed by atoms with van der Waals surface area (Å²) in [6.45, 7) is 0.126. The monoisotopic (exact) mass is 382 g/mol. The molecule has 0 aromatic heterocycles. The van der Waals surface area contributed by atoms with Crippen LogP contribution in [0.25, 0.3) is 0 Å². The molecule has 0 saturated heterocycles. The molecule has 3 aromatic rings. The standard InChI is InChI=1S/C21H16ClFN2O2/c22-18-10-8-16(9-11-18)21(26)25-24-13-15-4-3-6-19(12-15)27-14-17-5-1-2-7-20(17)23/h1-13H,14H2,(H,25,26)/b24-13+. The van der Waals surface area contributed by atoms with Gasteiger partial charge in [0.15, 0.2) is 0 Å². The van der Waals surface area contributed by atoms with Gasteiger partial charge in [-0.2, -0.15) is 5.10 Å². The number of ether oxygens (including phenoxy) is 1. The van der Waals surface area contributed by atoms with Gasteiger partial charge in [-0.3, -0.25) is 4.79 Å². The van der Waals surface area contributed by atoms with E-state index in [9.17, 15) is 9.18 Å². The molecule has 0 bridgehead atoms. The third-order valence-corrected chi connectivity index (χ3v) is 3.95. The highest BCUT2D eigenvalue weighted by Gasteiger charge is 2.04. The maximum Gasteiger partial charge on any atom is 0.271 e. The van der Waals surface area contributed by atoms with E-state index in [-0.39, 0.29) is 18.3 Å². The molecule has 0 heterocycles. The van der Waals surface area contributed by atoms with Crippen LogP contribution in [-0.4, -0.2) is 12.1 Å². The normalized spacial score (nSPS) is 10.7. The number of amides is 1. The van der Waals surface area contributed by atoms with Gasteiger partial charge in [0, 0.05) is 16.1 Å². The average Bonchev–Trinajstić information content (AvgIpc) is 2.68. The molecular formula is C21H16ClFN2O2. The summed E-state index contributed by atoms with van der Waals surface area (Å²) < 4.78 is 19.2. The summed E-state index contributed by atoms with van der Waals surface area (Å²) in [6.07, 6.45) is 1.50. The van der Waals surface area contributed by atoms with Gasteiger partial charge in [0.05, 0.1) is 6.21 Å². The summed E-state index contributed by atoms with van der Waals surface area (Å²) >= 11 is 5.80. The minimum absolute atomic E-state index is 0.126. The number of benzene rings is 3. The Kier molecular flexibility index (Phi) is 6.18. The zero-order valence-electron chi connectivity index (χ0n) is 14.2. The summed E-state index contributed by atoms with van der Waals surface area (Å²) in [5.74, 6) is -0.0683. The molecule has 0 aliphatic heterocycles. The van der Waals surface area contributed by atoms with Crippen LogP contribution in [0.2, 0.25) is 5.02 Å². The van der Waals surface area contributed by atoms with Crippen LogP contribution in [0, 0.1) is 5.82 Å². The lowest BCUT2D eigenvalue weighted by Crippen LogP contribution is -2.17. The molecule has 6 heteroatoms. The van der Waals surface area contributed by atoms with Gasteiger partial charge in [0.2, 0.25) is 0 Å². The molecule has 1 N–H and O–H groups in total. The third kappa shape index (κ3) is 5.39. The molecule has 0 atom stereocenters. The summed E-state index contributed by atoms with van der Waals surface area (Å²) in [5, 5.41) is 4.50. The fourth-order valence-electron chi connectivity index (χ4n) is 2.29. The molecule has 1 amide bonds. The average molecular weight is 383 g/mol. The smallest absolute Gasteiger partial charge is 0.271 e. The van der Waals surface area contributed by atoms with E-state index in [1.54, 1.807) is 60.7 Å². The van der Waals surface area contributed by atoms with Crippen LogP contribution in [0.1, 0.15) is 21.5 Å². The highest BCUT2D eigenvalue weighted by Crippen LogP contribution is 2.15. The van der Waals surface area contributed by atoms with Gasteiger partial charge in [-0.1, -0.05) is 41.9 Å². The molecule has 3 rings (SSSR count). The van der Waals surface area contributed by atoms with Crippen LogP contribution >= 0.6 is 11.6 Å². The highest BCUT2D eigenvalue weighted by atomic mass is 35.5. The number of rotatable bonds is 6. The van der Waals surface area contributed by atoms with Crippen molar-refractivity contribution in [3.05, 3.63) is 100 Å². The molecule has 136 valence electrons. The van der Waals surface area contributed by atoms with Crippen molar-refractivity contribution in [1.29, 1.82) is 0 Å². The molecule has 0 aliphatic carbocycles. The van der Waals surface area contributed by atoms with Gasteiger partial charge < -0.3 is 4.74 Å². The molecule has 0 saturated carbocycles. The number of nitrogens with one attached hydrogen (secondary N) is 1. The van der Waals surface area contributed by atoms with E-state index in [0.29, 0.717) is 21.9 Å². The Bertz CT molecular complexity index is 958. The lowest BCUT2D eigenvalue weighted by Gasteiger charge is -2.07. The summed E-state index contributed by atoms with van der Waals surface area (Å²) in [7, 11) is 0. The first-order valence-electron chi connectivity index (χ1n) is 8.17. The second kappa shape index (κ2) is 8.96. The lowest BCUT2D eigenvalue weighted by atomic mass is 10.2. The van der Waals surface area contributed by atoms with Crippen molar-refractivity contribution in [2.75, 3.05) is 0 Å². The fraction of sp³-hybridized carbons (Fsp3) is 0.0476. The molecule has 3 aromatic carbocycles. The van der Waals surface area contributed by atoms with Gasteiger partial charge in [-0.05, 0) is 48.0 Å². The van der Waals surface area contributed by atoms with E-state index < -0.39 is 0 Å². The summed E-state index contributed by atoms with van der Waals surface area (Å²) in [6, 6.07) is 20.1. The molecule has 0 radical (unpaired) electrons. The summed E-state index contributed by atoms with van der Waals surface area (Å²) in [5.41, 5.74) is 4.12. The van der Waals surface area contributed by atoms with Crippen molar-refractivity contribution in [1.82, 2.24) is 5.43 Å². The molecule has 0 fully saturated rings. The van der Waals surface area contributed by atoms with Crippen molar-refractivity contribution in [3.63, 3.8) is 0 Å². The van der Waals surface area contributed by atoms with Crippen LogP contribution in [-0.2, 0) is 6.61 Å². The summed E-state index contributed by atoms with van der Waals surface area (Å²) in [4.78, 5) is 12.0. The quantitative estimate of drug-likeness (QED) is 0.490. The van der Waals surface area contributed by atoms with Crippen LogP contribution in [0.5, 0.6) is 5.75 Å². The fourth-order valence-corrected chi connectivity index (χ4v) is 2.42. The first-order chi connectivity index (χ1) is 13.1. The molecule has 0 unspecified atom stereocenters. The molecule has 27 heavy (non-hydrogen) atoms. The third-order valence-electron chi connectivity index (χ3n) is 3.70. The predicted molar refractivity (Wildman–Crippen MR) is 104 cm³/mol. The Morgan fingerprint density at radius 3 is 2.63 bits per heavy atom. The molecule has 4 nitrogen and oxygen atoms in total. The number of hydrazone groups is 1. The van der Waals surface area contributed by atoms with Crippen molar-refractivity contribution in [2.24, 2.45) is 5.10 Å². The van der Waals surface area contributed by atoms with E-state index >= 15 is 0 Å². The number of hydrogen-bond donors (Lipinski definition) is 1. The van der Waals surface area contributed by atoms with E-state index in [1.807, 2.05) is 6.07 Å². The predicted octanol–water partition coefficient (Wildman–Crippen LogP) is 4.82. The first kappa shape index (κ1) is 18.6. The maximum atomic E-state index is 13.6. The Hall–Kier alpha value is -3.18. The van der Waals surface area contributed by atoms with E-state index in [4.69, 9.17) is 16.3 Å². The zero-order chi connectivity index (χ0) is 19.1. The van der Waals surface area contributed by atoms with Crippen LogP contribution < -0.4 is 10.2 Å². The number of hydrogen-bond acceptors (Lipinski definition) is 3. The van der Waals surface area contributed by atoms with Crippen molar-refractivity contribution < 1.29 is 13.9 Å². The van der Waals surface area contributed by atoms with Crippen molar-refractivity contribution in [3.8, 4) is 5.75 Å². The number of nitrogens with zero attached hydrogens (tertiary/aromatic N) is 1. The number of halogens is 2. The Labute approximate surface area is 161 Å². The van der Waals surface area contributed by atoms with Crippen LogP contribution in [0.15, 0.2) is 77.9 Å². The van der Waals surface area contributed by atoms with Gasteiger partial charge >= 0.3 is 0 Å². The Balaban J connectivity index is 1.58. The Morgan fingerprint density at radius 2 is 1.85 bits per heavy atom. The second-order valence-corrected chi connectivity index (χ2v) is 6.10. The highest BCUT2D eigenvalue weighted by molar-refractivity contribution is 6.30. The lowest BCUT2D eigenvalue weighted by molar-refractivity contribution is 0.0955.